The summed E-state index contributed by atoms with van der Waals surface area (Å²) in [5.41, 5.74) is 1.58. The van der Waals surface area contributed by atoms with Crippen molar-refractivity contribution in [3.8, 4) is 5.69 Å². The molecule has 0 bridgehead atoms. The van der Waals surface area contributed by atoms with Gasteiger partial charge in [-0.1, -0.05) is 12.1 Å². The van der Waals surface area contributed by atoms with E-state index in [2.05, 4.69) is 26.3 Å². The molecule has 1 fully saturated rings. The van der Waals surface area contributed by atoms with Gasteiger partial charge >= 0.3 is 6.18 Å². The fourth-order valence-electron chi connectivity index (χ4n) is 3.60. The summed E-state index contributed by atoms with van der Waals surface area (Å²) < 4.78 is 43.0. The van der Waals surface area contributed by atoms with E-state index in [0.717, 1.165) is 24.1 Å². The molecule has 0 saturated heterocycles. The molecule has 2 heterocycles. The summed E-state index contributed by atoms with van der Waals surface area (Å²) in [6, 6.07) is 11.5. The van der Waals surface area contributed by atoms with E-state index < -0.39 is 11.9 Å². The van der Waals surface area contributed by atoms with Crippen molar-refractivity contribution in [3.05, 3.63) is 70.2 Å². The van der Waals surface area contributed by atoms with Gasteiger partial charge in [-0.3, -0.25) is 9.48 Å². The molecule has 2 aromatic heterocycles. The van der Waals surface area contributed by atoms with Crippen molar-refractivity contribution < 1.29 is 18.0 Å². The van der Waals surface area contributed by atoms with Crippen LogP contribution in [0.5, 0.6) is 0 Å². The summed E-state index contributed by atoms with van der Waals surface area (Å²) in [6.07, 6.45) is 1.10. The molecule has 1 atom stereocenters. The minimum atomic E-state index is -4.53. The summed E-state index contributed by atoms with van der Waals surface area (Å²) in [5.74, 6) is -0.164. The van der Waals surface area contributed by atoms with E-state index in [0.29, 0.717) is 5.69 Å². The highest BCUT2D eigenvalue weighted by molar-refractivity contribution is 9.10. The maximum absolute atomic E-state index is 13.2. The maximum atomic E-state index is 13.2. The van der Waals surface area contributed by atoms with Crippen LogP contribution in [0.25, 0.3) is 5.69 Å². The van der Waals surface area contributed by atoms with Crippen molar-refractivity contribution in [2.45, 2.75) is 50.9 Å². The van der Waals surface area contributed by atoms with Gasteiger partial charge in [0.2, 0.25) is 5.91 Å². The van der Waals surface area contributed by atoms with Gasteiger partial charge in [-0.15, -0.1) is 0 Å². The molecule has 0 radical (unpaired) electrons. The lowest BCUT2D eigenvalue weighted by molar-refractivity contribution is -0.142. The first-order chi connectivity index (χ1) is 14.7. The fourth-order valence-corrected chi connectivity index (χ4v) is 4.43. The molecule has 1 saturated carbocycles. The van der Waals surface area contributed by atoms with E-state index >= 15 is 0 Å². The number of aryl methyl sites for hydroxylation is 1. The second-order valence-electron chi connectivity index (χ2n) is 7.76. The Bertz CT molecular complexity index is 1050. The van der Waals surface area contributed by atoms with Crippen LogP contribution in [0.1, 0.15) is 55.1 Å². The van der Waals surface area contributed by atoms with Gasteiger partial charge in [0.05, 0.1) is 22.8 Å². The third-order valence-electron chi connectivity index (χ3n) is 5.39. The van der Waals surface area contributed by atoms with Gasteiger partial charge in [-0.2, -0.15) is 18.3 Å². The van der Waals surface area contributed by atoms with Crippen LogP contribution < -0.4 is 5.32 Å². The van der Waals surface area contributed by atoms with Crippen molar-refractivity contribution in [3.63, 3.8) is 0 Å². The van der Waals surface area contributed by atoms with Crippen LogP contribution in [-0.2, 0) is 17.5 Å². The average Bonchev–Trinajstić information content (AvgIpc) is 3.27. The maximum Gasteiger partial charge on any atom is 0.436 e. The number of hydrogen-bond acceptors (Lipinski definition) is 2. The minimum Gasteiger partial charge on any atom is -0.350 e. The van der Waals surface area contributed by atoms with Gasteiger partial charge in [0.1, 0.15) is 0 Å². The van der Waals surface area contributed by atoms with Crippen LogP contribution in [0.3, 0.4) is 0 Å². The van der Waals surface area contributed by atoms with E-state index in [1.807, 2.05) is 60.3 Å². The lowest BCUT2D eigenvalue weighted by Gasteiger charge is -2.15. The van der Waals surface area contributed by atoms with E-state index in [-0.39, 0.29) is 35.3 Å². The number of alkyl halides is 3. The Labute approximate surface area is 186 Å². The molecule has 164 valence electrons. The Balaban J connectivity index is 1.38. The van der Waals surface area contributed by atoms with Crippen LogP contribution in [0, 0.1) is 0 Å². The molecular weight excluding hydrogens is 473 g/mol. The van der Waals surface area contributed by atoms with Gasteiger partial charge in [0.15, 0.2) is 5.69 Å². The fraction of sp³-hybridized carbons (Fsp3) is 0.364. The number of carbonyl (C=O) groups is 1. The van der Waals surface area contributed by atoms with Crippen LogP contribution in [0.2, 0.25) is 0 Å². The monoisotopic (exact) mass is 494 g/mol. The number of rotatable bonds is 7. The topological polar surface area (TPSA) is 51.9 Å². The lowest BCUT2D eigenvalue weighted by atomic mass is 10.1. The molecule has 5 nitrogen and oxygen atoms in total. The second kappa shape index (κ2) is 8.53. The van der Waals surface area contributed by atoms with Gasteiger partial charge in [0.25, 0.3) is 0 Å². The van der Waals surface area contributed by atoms with Crippen molar-refractivity contribution in [1.82, 2.24) is 19.7 Å². The van der Waals surface area contributed by atoms with Gasteiger partial charge in [-0.25, -0.2) is 0 Å². The molecule has 4 rings (SSSR count). The van der Waals surface area contributed by atoms with E-state index in [4.69, 9.17) is 0 Å². The average molecular weight is 495 g/mol. The number of carbonyl (C=O) groups excluding carboxylic acids is 1. The van der Waals surface area contributed by atoms with Crippen molar-refractivity contribution >= 4 is 21.8 Å². The third-order valence-corrected chi connectivity index (χ3v) is 6.17. The first kappa shape index (κ1) is 21.7. The zero-order chi connectivity index (χ0) is 22.2. The van der Waals surface area contributed by atoms with Crippen molar-refractivity contribution in [2.24, 2.45) is 0 Å². The first-order valence-electron chi connectivity index (χ1n) is 10.1. The van der Waals surface area contributed by atoms with Crippen LogP contribution in [0.4, 0.5) is 13.2 Å². The standard InChI is InChI=1S/C22H22BrF3N4O/c1-14(15-6-8-17(9-7-15)29-11-2-3-12-29)27-18(31)10-13-30-20(16-4-5-16)19(23)21(28-30)22(24,25)26/h2-3,6-9,11-12,14,16H,4-5,10,13H2,1H3,(H,27,31). The quantitative estimate of drug-likeness (QED) is 0.464. The van der Waals surface area contributed by atoms with Gasteiger partial charge in [0, 0.05) is 30.4 Å². The van der Waals surface area contributed by atoms with Crippen LogP contribution in [0.15, 0.2) is 53.3 Å². The predicted octanol–water partition coefficient (Wildman–Crippen LogP) is 5.60. The molecule has 3 aromatic rings. The predicted molar refractivity (Wildman–Crippen MR) is 114 cm³/mol. The first-order valence-corrected chi connectivity index (χ1v) is 10.9. The van der Waals surface area contributed by atoms with Crippen LogP contribution in [-0.4, -0.2) is 20.3 Å². The number of benzene rings is 1. The van der Waals surface area contributed by atoms with Gasteiger partial charge in [-0.05, 0) is 65.5 Å². The molecule has 1 unspecified atom stereocenters. The van der Waals surface area contributed by atoms with Gasteiger partial charge < -0.3 is 9.88 Å². The number of halogens is 4. The Morgan fingerprint density at radius 2 is 1.87 bits per heavy atom. The van der Waals surface area contributed by atoms with Crippen LogP contribution >= 0.6 is 15.9 Å². The molecular formula is C22H22BrF3N4O. The Hall–Kier alpha value is -2.55. The molecule has 1 aliphatic carbocycles. The smallest absolute Gasteiger partial charge is 0.350 e. The minimum absolute atomic E-state index is 0.000872. The number of aromatic nitrogens is 3. The number of hydrogen-bond donors (Lipinski definition) is 1. The highest BCUT2D eigenvalue weighted by Gasteiger charge is 2.41. The number of nitrogens with one attached hydrogen (secondary N) is 1. The summed E-state index contributed by atoms with van der Waals surface area (Å²) in [4.78, 5) is 12.4. The SMILES string of the molecule is CC(NC(=O)CCn1nc(C(F)(F)F)c(Br)c1C1CC1)c1ccc(-n2cccc2)cc1. The Morgan fingerprint density at radius 3 is 2.45 bits per heavy atom. The zero-order valence-corrected chi connectivity index (χ0v) is 18.4. The highest BCUT2D eigenvalue weighted by Crippen LogP contribution is 2.47. The molecule has 1 N–H and O–H groups in total. The number of amides is 1. The summed E-state index contributed by atoms with van der Waals surface area (Å²) in [7, 11) is 0. The molecule has 0 aliphatic heterocycles. The normalized spacial score (nSPS) is 15.1. The largest absolute Gasteiger partial charge is 0.436 e. The molecule has 1 aromatic carbocycles. The van der Waals surface area contributed by atoms with Crippen molar-refractivity contribution in [1.29, 1.82) is 0 Å². The highest BCUT2D eigenvalue weighted by atomic mass is 79.9. The molecule has 1 aliphatic rings. The van der Waals surface area contributed by atoms with E-state index in [1.165, 1.54) is 4.68 Å². The Morgan fingerprint density at radius 1 is 1.23 bits per heavy atom. The summed E-state index contributed by atoms with van der Waals surface area (Å²) in [5, 5.41) is 6.66. The Kier molecular flexibility index (Phi) is 5.96. The third kappa shape index (κ3) is 4.87. The lowest BCUT2D eigenvalue weighted by Crippen LogP contribution is -2.27. The molecule has 31 heavy (non-hydrogen) atoms. The zero-order valence-electron chi connectivity index (χ0n) is 16.9. The molecule has 1 amide bonds. The van der Waals surface area contributed by atoms with E-state index in [1.54, 1.807) is 0 Å². The van der Waals surface area contributed by atoms with E-state index in [9.17, 15) is 18.0 Å². The number of nitrogens with zero attached hydrogens (tertiary/aromatic N) is 3. The molecule has 9 heteroatoms. The summed E-state index contributed by atoms with van der Waals surface area (Å²) in [6.45, 7) is 1.98. The second-order valence-corrected chi connectivity index (χ2v) is 8.56. The molecule has 0 spiro atoms. The van der Waals surface area contributed by atoms with Crippen molar-refractivity contribution in [2.75, 3.05) is 0 Å². The summed E-state index contributed by atoms with van der Waals surface area (Å²) >= 11 is 3.07.